The standard InChI is InChI=1S/C26H30ClN3O5/c1-15-12-20(35-19-5-2-16(3-6-19)26(33)34)7-8-21(15)24(31)28-10-11-29-25(32)23-14-17-13-18(27)4-9-22(17)30-23/h4,7-9,12-13,16,19,23,30H,2-3,5-6,10-11,14H2,1H3,(H,28,31)(H,29,32)(H,33,34)/t16-,19+,23?. The third kappa shape index (κ3) is 6.25. The van der Waals surface area contributed by atoms with Crippen LogP contribution in [-0.2, 0) is 16.0 Å². The first-order chi connectivity index (χ1) is 16.8. The number of benzene rings is 2. The van der Waals surface area contributed by atoms with Gasteiger partial charge in [0.05, 0.1) is 12.0 Å². The predicted octanol–water partition coefficient (Wildman–Crippen LogP) is 3.55. The zero-order valence-corrected chi connectivity index (χ0v) is 20.4. The van der Waals surface area contributed by atoms with Gasteiger partial charge in [0.1, 0.15) is 11.8 Å². The van der Waals surface area contributed by atoms with Gasteiger partial charge in [-0.15, -0.1) is 0 Å². The number of halogens is 1. The van der Waals surface area contributed by atoms with Gasteiger partial charge in [0, 0.05) is 35.8 Å². The second-order valence-corrected chi connectivity index (χ2v) is 9.59. The van der Waals surface area contributed by atoms with Crippen molar-refractivity contribution >= 4 is 35.1 Å². The normalized spacial score (nSPS) is 20.9. The van der Waals surface area contributed by atoms with Gasteiger partial charge in [-0.1, -0.05) is 11.6 Å². The predicted molar refractivity (Wildman–Crippen MR) is 133 cm³/mol. The molecule has 1 heterocycles. The van der Waals surface area contributed by atoms with Crippen LogP contribution in [0.1, 0.15) is 47.2 Å². The Morgan fingerprint density at radius 3 is 2.51 bits per heavy atom. The fourth-order valence-electron chi connectivity index (χ4n) is 4.65. The quantitative estimate of drug-likeness (QED) is 0.413. The second-order valence-electron chi connectivity index (χ2n) is 9.16. The summed E-state index contributed by atoms with van der Waals surface area (Å²) in [5.74, 6) is -0.679. The molecule has 9 heteroatoms. The number of hydrogen-bond donors (Lipinski definition) is 4. The minimum Gasteiger partial charge on any atom is -0.490 e. The lowest BCUT2D eigenvalue weighted by Gasteiger charge is -2.27. The van der Waals surface area contributed by atoms with Gasteiger partial charge in [0.2, 0.25) is 5.91 Å². The smallest absolute Gasteiger partial charge is 0.306 e. The van der Waals surface area contributed by atoms with Crippen LogP contribution in [0.25, 0.3) is 0 Å². The number of anilines is 1. The first kappa shape index (κ1) is 24.9. The number of aryl methyl sites for hydroxylation is 1. The number of ether oxygens (including phenoxy) is 1. The van der Waals surface area contributed by atoms with E-state index in [-0.39, 0.29) is 29.9 Å². The summed E-state index contributed by atoms with van der Waals surface area (Å²) < 4.78 is 6.02. The lowest BCUT2D eigenvalue weighted by molar-refractivity contribution is -0.143. The molecule has 4 rings (SSSR count). The Hall–Kier alpha value is -3.26. The summed E-state index contributed by atoms with van der Waals surface area (Å²) >= 11 is 6.02. The van der Waals surface area contributed by atoms with Crippen LogP contribution in [0, 0.1) is 12.8 Å². The SMILES string of the molecule is Cc1cc(O[C@H]2CC[C@@H](C(=O)O)CC2)ccc1C(=O)NCCNC(=O)C1Cc2cc(Cl)ccc2N1. The summed E-state index contributed by atoms with van der Waals surface area (Å²) in [6.07, 6.45) is 3.22. The van der Waals surface area contributed by atoms with Crippen LogP contribution >= 0.6 is 11.6 Å². The highest BCUT2D eigenvalue weighted by atomic mass is 35.5. The summed E-state index contributed by atoms with van der Waals surface area (Å²) in [5, 5.41) is 18.7. The molecule has 1 aliphatic carbocycles. The molecule has 0 bridgehead atoms. The van der Waals surface area contributed by atoms with Crippen molar-refractivity contribution in [1.82, 2.24) is 10.6 Å². The molecule has 0 saturated heterocycles. The zero-order valence-electron chi connectivity index (χ0n) is 19.6. The molecule has 0 radical (unpaired) electrons. The number of nitrogens with one attached hydrogen (secondary N) is 3. The molecular formula is C26H30ClN3O5. The molecule has 186 valence electrons. The van der Waals surface area contributed by atoms with Crippen LogP contribution in [0.4, 0.5) is 5.69 Å². The van der Waals surface area contributed by atoms with Gasteiger partial charge < -0.3 is 25.8 Å². The van der Waals surface area contributed by atoms with Gasteiger partial charge in [-0.3, -0.25) is 14.4 Å². The summed E-state index contributed by atoms with van der Waals surface area (Å²) in [5.41, 5.74) is 3.26. The Morgan fingerprint density at radius 2 is 1.80 bits per heavy atom. The van der Waals surface area contributed by atoms with Crippen molar-refractivity contribution in [2.24, 2.45) is 5.92 Å². The van der Waals surface area contributed by atoms with E-state index in [1.807, 2.05) is 25.1 Å². The molecule has 1 saturated carbocycles. The first-order valence-electron chi connectivity index (χ1n) is 11.9. The van der Waals surface area contributed by atoms with Gasteiger partial charge in [0.15, 0.2) is 0 Å². The van der Waals surface area contributed by atoms with E-state index in [2.05, 4.69) is 16.0 Å². The largest absolute Gasteiger partial charge is 0.490 e. The van der Waals surface area contributed by atoms with Crippen LogP contribution in [0.2, 0.25) is 5.02 Å². The molecule has 1 aliphatic heterocycles. The molecule has 4 N–H and O–H groups in total. The van der Waals surface area contributed by atoms with Gasteiger partial charge in [-0.25, -0.2) is 0 Å². The van der Waals surface area contributed by atoms with E-state index in [0.29, 0.717) is 61.5 Å². The summed E-state index contributed by atoms with van der Waals surface area (Å²) in [4.78, 5) is 36.2. The van der Waals surface area contributed by atoms with Crippen LogP contribution in [-0.4, -0.2) is 48.1 Å². The Balaban J connectivity index is 1.19. The highest BCUT2D eigenvalue weighted by Gasteiger charge is 2.28. The number of fused-ring (bicyclic) bond motifs is 1. The average Bonchev–Trinajstić information content (AvgIpc) is 3.25. The van der Waals surface area contributed by atoms with Crippen molar-refractivity contribution in [2.75, 3.05) is 18.4 Å². The Morgan fingerprint density at radius 1 is 1.06 bits per heavy atom. The monoisotopic (exact) mass is 499 g/mol. The van der Waals surface area contributed by atoms with Crippen LogP contribution in [0.3, 0.4) is 0 Å². The fraction of sp³-hybridized carbons (Fsp3) is 0.423. The van der Waals surface area contributed by atoms with E-state index in [1.54, 1.807) is 18.2 Å². The third-order valence-electron chi connectivity index (χ3n) is 6.62. The lowest BCUT2D eigenvalue weighted by Crippen LogP contribution is -2.42. The molecule has 1 atom stereocenters. The van der Waals surface area contributed by atoms with E-state index >= 15 is 0 Å². The van der Waals surface area contributed by atoms with Crippen molar-refractivity contribution in [1.29, 1.82) is 0 Å². The zero-order chi connectivity index (χ0) is 24.9. The van der Waals surface area contributed by atoms with Gasteiger partial charge >= 0.3 is 5.97 Å². The van der Waals surface area contributed by atoms with Crippen LogP contribution in [0.15, 0.2) is 36.4 Å². The lowest BCUT2D eigenvalue weighted by atomic mass is 9.87. The topological polar surface area (TPSA) is 117 Å². The summed E-state index contributed by atoms with van der Waals surface area (Å²) in [6, 6.07) is 10.5. The van der Waals surface area contributed by atoms with Crippen molar-refractivity contribution in [3.05, 3.63) is 58.1 Å². The highest BCUT2D eigenvalue weighted by molar-refractivity contribution is 6.30. The molecule has 35 heavy (non-hydrogen) atoms. The molecule has 8 nitrogen and oxygen atoms in total. The van der Waals surface area contributed by atoms with E-state index in [1.165, 1.54) is 0 Å². The Kier molecular flexibility index (Phi) is 7.80. The number of carbonyl (C=O) groups is 3. The minimum atomic E-state index is -0.736. The van der Waals surface area contributed by atoms with Gasteiger partial charge in [-0.05, 0) is 80.1 Å². The number of carbonyl (C=O) groups excluding carboxylic acids is 2. The maximum absolute atomic E-state index is 12.6. The number of carboxylic acids is 1. The maximum atomic E-state index is 12.6. The van der Waals surface area contributed by atoms with E-state index in [9.17, 15) is 14.4 Å². The van der Waals surface area contributed by atoms with E-state index < -0.39 is 5.97 Å². The first-order valence-corrected chi connectivity index (χ1v) is 12.3. The number of aliphatic carboxylic acids is 1. The molecule has 2 aromatic rings. The minimum absolute atomic E-state index is 0.00701. The summed E-state index contributed by atoms with van der Waals surface area (Å²) in [7, 11) is 0. The molecular weight excluding hydrogens is 470 g/mol. The van der Waals surface area contributed by atoms with Crippen LogP contribution in [0.5, 0.6) is 5.75 Å². The van der Waals surface area contributed by atoms with Crippen molar-refractivity contribution < 1.29 is 24.2 Å². The van der Waals surface area contributed by atoms with E-state index in [4.69, 9.17) is 21.4 Å². The number of carboxylic acid groups (broad SMARTS) is 1. The van der Waals surface area contributed by atoms with Gasteiger partial charge in [0.25, 0.3) is 5.91 Å². The van der Waals surface area contributed by atoms with Crippen LogP contribution < -0.4 is 20.7 Å². The number of rotatable bonds is 8. The van der Waals surface area contributed by atoms with Crippen molar-refractivity contribution in [3.63, 3.8) is 0 Å². The Bertz CT molecular complexity index is 1110. The third-order valence-corrected chi connectivity index (χ3v) is 6.85. The molecule has 1 unspecified atom stereocenters. The second kappa shape index (κ2) is 11.0. The summed E-state index contributed by atoms with van der Waals surface area (Å²) in [6.45, 7) is 2.47. The van der Waals surface area contributed by atoms with E-state index in [0.717, 1.165) is 16.8 Å². The molecule has 2 amide bonds. The molecule has 1 fully saturated rings. The maximum Gasteiger partial charge on any atom is 0.306 e. The number of hydrogen-bond acceptors (Lipinski definition) is 5. The fourth-order valence-corrected chi connectivity index (χ4v) is 4.85. The van der Waals surface area contributed by atoms with Gasteiger partial charge in [-0.2, -0.15) is 0 Å². The van der Waals surface area contributed by atoms with Crippen molar-refractivity contribution in [3.8, 4) is 5.75 Å². The van der Waals surface area contributed by atoms with Crippen molar-refractivity contribution in [2.45, 2.75) is 51.2 Å². The molecule has 2 aromatic carbocycles. The average molecular weight is 500 g/mol. The molecule has 0 spiro atoms. The number of amides is 2. The molecule has 2 aliphatic rings. The molecule has 0 aromatic heterocycles. The Labute approximate surface area is 209 Å². The highest BCUT2D eigenvalue weighted by Crippen LogP contribution is 2.29.